The minimum atomic E-state index is -1.27. The highest BCUT2D eigenvalue weighted by atomic mass is 16.3. The van der Waals surface area contributed by atoms with Crippen LogP contribution in [0.15, 0.2) is 12.2 Å². The zero-order valence-corrected chi connectivity index (χ0v) is 27.0. The molecule has 0 saturated heterocycles. The van der Waals surface area contributed by atoms with Crippen molar-refractivity contribution in [2.75, 3.05) is 6.61 Å². The summed E-state index contributed by atoms with van der Waals surface area (Å²) in [5.41, 5.74) is 0. The van der Waals surface area contributed by atoms with Crippen molar-refractivity contribution in [3.05, 3.63) is 12.2 Å². The van der Waals surface area contributed by atoms with Gasteiger partial charge in [-0.15, -0.1) is 0 Å². The summed E-state index contributed by atoms with van der Waals surface area (Å²) in [6, 6.07) is -0.993. The van der Waals surface area contributed by atoms with E-state index in [0.29, 0.717) is 12.8 Å². The minimum absolute atomic E-state index is 0.367. The number of aliphatic hydroxyl groups excluding tert-OH is 4. The minimum Gasteiger partial charge on any atom is -0.394 e. The Balaban J connectivity index is 3.78. The van der Waals surface area contributed by atoms with Crippen molar-refractivity contribution < 1.29 is 25.2 Å². The molecule has 1 amide bonds. The van der Waals surface area contributed by atoms with Crippen LogP contribution in [0.3, 0.4) is 0 Å². The number of nitrogens with one attached hydrogen (secondary N) is 1. The van der Waals surface area contributed by atoms with Crippen molar-refractivity contribution in [2.45, 2.75) is 199 Å². The highest BCUT2D eigenvalue weighted by Gasteiger charge is 2.28. The number of hydrogen-bond donors (Lipinski definition) is 5. The average molecular weight is 584 g/mol. The van der Waals surface area contributed by atoms with Crippen LogP contribution in [0.1, 0.15) is 174 Å². The summed E-state index contributed by atoms with van der Waals surface area (Å²) in [4.78, 5) is 12.4. The monoisotopic (exact) mass is 584 g/mol. The van der Waals surface area contributed by atoms with E-state index in [4.69, 9.17) is 0 Å². The van der Waals surface area contributed by atoms with Gasteiger partial charge in [-0.05, 0) is 38.5 Å². The number of amides is 1. The molecule has 0 radical (unpaired) electrons. The van der Waals surface area contributed by atoms with Gasteiger partial charge in [-0.1, -0.05) is 148 Å². The first-order valence-corrected chi connectivity index (χ1v) is 17.6. The number of aliphatic hydroxyl groups is 4. The predicted octanol–water partition coefficient (Wildman–Crippen LogP) is 7.89. The summed E-state index contributed by atoms with van der Waals surface area (Å²) in [6.07, 6.45) is 29.6. The third kappa shape index (κ3) is 25.3. The smallest absolute Gasteiger partial charge is 0.249 e. The van der Waals surface area contributed by atoms with E-state index in [1.54, 1.807) is 0 Å². The van der Waals surface area contributed by atoms with Crippen LogP contribution in [0.4, 0.5) is 0 Å². The Hall–Kier alpha value is -0.950. The predicted molar refractivity (Wildman–Crippen MR) is 173 cm³/mol. The van der Waals surface area contributed by atoms with Gasteiger partial charge in [0.05, 0.1) is 18.8 Å². The molecular formula is C35H69NO5. The molecule has 5 N–H and O–H groups in total. The van der Waals surface area contributed by atoms with Crippen LogP contribution in [0.2, 0.25) is 0 Å². The van der Waals surface area contributed by atoms with Crippen molar-refractivity contribution >= 4 is 5.91 Å². The maximum absolute atomic E-state index is 12.4. The molecule has 41 heavy (non-hydrogen) atoms. The molecule has 0 aliphatic heterocycles. The normalized spacial score (nSPS) is 14.8. The first kappa shape index (κ1) is 40.1. The van der Waals surface area contributed by atoms with E-state index in [0.717, 1.165) is 38.5 Å². The summed E-state index contributed by atoms with van der Waals surface area (Å²) in [7, 11) is 0. The maximum Gasteiger partial charge on any atom is 0.249 e. The van der Waals surface area contributed by atoms with Crippen molar-refractivity contribution in [3.8, 4) is 0 Å². The van der Waals surface area contributed by atoms with Gasteiger partial charge < -0.3 is 25.7 Å². The van der Waals surface area contributed by atoms with E-state index >= 15 is 0 Å². The highest BCUT2D eigenvalue weighted by Crippen LogP contribution is 2.15. The van der Waals surface area contributed by atoms with Gasteiger partial charge in [-0.25, -0.2) is 0 Å². The second-order valence-corrected chi connectivity index (χ2v) is 12.2. The Morgan fingerprint density at radius 2 is 1.00 bits per heavy atom. The third-order valence-corrected chi connectivity index (χ3v) is 8.23. The number of unbranched alkanes of at least 4 members (excludes halogenated alkanes) is 20. The second-order valence-electron chi connectivity index (χ2n) is 12.2. The first-order chi connectivity index (χ1) is 20.0. The molecule has 4 atom stereocenters. The van der Waals surface area contributed by atoms with Crippen LogP contribution in [-0.4, -0.2) is 57.3 Å². The van der Waals surface area contributed by atoms with E-state index in [1.165, 1.54) is 109 Å². The molecule has 0 aromatic rings. The fraction of sp³-hybridized carbons (Fsp3) is 0.914. The second kappa shape index (κ2) is 30.5. The molecule has 4 unspecified atom stereocenters. The van der Waals surface area contributed by atoms with Crippen molar-refractivity contribution in [2.24, 2.45) is 0 Å². The quantitative estimate of drug-likeness (QED) is 0.0421. The summed E-state index contributed by atoms with van der Waals surface area (Å²) in [5.74, 6) is -0.596. The molecule has 0 aromatic carbocycles. The lowest BCUT2D eigenvalue weighted by atomic mass is 10.00. The molecule has 6 heteroatoms. The van der Waals surface area contributed by atoms with E-state index in [9.17, 15) is 25.2 Å². The van der Waals surface area contributed by atoms with E-state index in [-0.39, 0.29) is 0 Å². The molecule has 6 nitrogen and oxygen atoms in total. The molecular weight excluding hydrogens is 514 g/mol. The number of carbonyl (C=O) groups excluding carboxylic acids is 1. The van der Waals surface area contributed by atoms with Gasteiger partial charge in [-0.3, -0.25) is 4.79 Å². The van der Waals surface area contributed by atoms with Gasteiger partial charge >= 0.3 is 0 Å². The van der Waals surface area contributed by atoms with Crippen LogP contribution >= 0.6 is 0 Å². The SMILES string of the molecule is CCCCC/C=C/CCCC(O)C(O)C(CO)NC(=O)C(O)CCCCCCCCCCCCCCCCCCC. The van der Waals surface area contributed by atoms with Crippen molar-refractivity contribution in [1.29, 1.82) is 0 Å². The molecule has 0 aliphatic rings. The molecule has 0 aliphatic carbocycles. The standard InChI is InChI=1S/C35H69NO5/c1-3-5-7-9-11-13-14-15-16-17-18-19-20-21-23-25-27-29-33(39)35(41)36-31(30-37)34(40)32(38)28-26-24-22-12-10-8-6-4-2/h12,22,31-34,37-40H,3-11,13-21,23-30H2,1-2H3,(H,36,41)/b22-12+. The molecule has 0 rings (SSSR count). The Kier molecular flexibility index (Phi) is 29.8. The zero-order chi connectivity index (χ0) is 30.4. The first-order valence-electron chi connectivity index (χ1n) is 17.6. The van der Waals surface area contributed by atoms with Crippen LogP contribution in [0.5, 0.6) is 0 Å². The van der Waals surface area contributed by atoms with E-state index < -0.39 is 36.9 Å². The van der Waals surface area contributed by atoms with Crippen LogP contribution in [-0.2, 0) is 4.79 Å². The third-order valence-electron chi connectivity index (χ3n) is 8.23. The summed E-state index contributed by atoms with van der Waals surface area (Å²) in [5, 5.41) is 43.1. The number of carbonyl (C=O) groups is 1. The maximum atomic E-state index is 12.4. The largest absolute Gasteiger partial charge is 0.394 e. The van der Waals surface area contributed by atoms with Gasteiger partial charge in [0.2, 0.25) is 5.91 Å². The fourth-order valence-corrected chi connectivity index (χ4v) is 5.34. The van der Waals surface area contributed by atoms with Gasteiger partial charge in [0.1, 0.15) is 12.2 Å². The van der Waals surface area contributed by atoms with Gasteiger partial charge in [-0.2, -0.15) is 0 Å². The Bertz CT molecular complexity index is 585. The number of rotatable bonds is 31. The number of hydrogen-bond acceptors (Lipinski definition) is 5. The molecule has 0 spiro atoms. The fourth-order valence-electron chi connectivity index (χ4n) is 5.34. The Morgan fingerprint density at radius 1 is 0.585 bits per heavy atom. The van der Waals surface area contributed by atoms with Gasteiger partial charge in [0, 0.05) is 0 Å². The molecule has 244 valence electrons. The topological polar surface area (TPSA) is 110 Å². The summed E-state index contributed by atoms with van der Waals surface area (Å²) >= 11 is 0. The van der Waals surface area contributed by atoms with Gasteiger partial charge in [0.25, 0.3) is 0 Å². The van der Waals surface area contributed by atoms with E-state index in [2.05, 4.69) is 31.3 Å². The summed E-state index contributed by atoms with van der Waals surface area (Å²) in [6.45, 7) is 3.96. The Morgan fingerprint density at radius 3 is 1.46 bits per heavy atom. The number of allylic oxidation sites excluding steroid dienone is 2. The molecule has 0 fully saturated rings. The van der Waals surface area contributed by atoms with Crippen LogP contribution in [0, 0.1) is 0 Å². The lowest BCUT2D eigenvalue weighted by molar-refractivity contribution is -0.132. The zero-order valence-electron chi connectivity index (χ0n) is 27.0. The molecule has 0 bridgehead atoms. The van der Waals surface area contributed by atoms with Crippen molar-refractivity contribution in [1.82, 2.24) is 5.32 Å². The summed E-state index contributed by atoms with van der Waals surface area (Å²) < 4.78 is 0. The molecule has 0 aromatic heterocycles. The Labute approximate surface area is 253 Å². The molecule has 0 heterocycles. The lowest BCUT2D eigenvalue weighted by Gasteiger charge is -2.27. The highest BCUT2D eigenvalue weighted by molar-refractivity contribution is 5.80. The van der Waals surface area contributed by atoms with Crippen molar-refractivity contribution in [3.63, 3.8) is 0 Å². The average Bonchev–Trinajstić information content (AvgIpc) is 2.98. The lowest BCUT2D eigenvalue weighted by Crippen LogP contribution is -2.53. The van der Waals surface area contributed by atoms with Crippen LogP contribution < -0.4 is 5.32 Å². The molecule has 0 saturated carbocycles. The van der Waals surface area contributed by atoms with E-state index in [1.807, 2.05) is 0 Å². The van der Waals surface area contributed by atoms with Crippen LogP contribution in [0.25, 0.3) is 0 Å². The van der Waals surface area contributed by atoms with Gasteiger partial charge in [0.15, 0.2) is 0 Å².